The number of benzene rings is 1. The minimum Gasteiger partial charge on any atom is -0.460 e. The van der Waals surface area contributed by atoms with Gasteiger partial charge in [-0.2, -0.15) is 0 Å². The molecule has 1 heterocycles. The molecule has 1 aromatic rings. The normalized spacial score (nSPS) is 16.5. The summed E-state index contributed by atoms with van der Waals surface area (Å²) < 4.78 is 4.88. The fourth-order valence-electron chi connectivity index (χ4n) is 1.34. The average Bonchev–Trinajstić information content (AvgIpc) is 2.41. The molecule has 1 N–H and O–H groups in total. The van der Waals surface area contributed by atoms with Crippen molar-refractivity contribution < 1.29 is 9.65 Å². The first kappa shape index (κ1) is 11.3. The Morgan fingerprint density at radius 1 is 1.35 bits per heavy atom. The maximum atomic E-state index is 4.88. The van der Waals surface area contributed by atoms with Crippen LogP contribution in [0.15, 0.2) is 45.6 Å². The third-order valence-corrected chi connectivity index (χ3v) is 2.21. The van der Waals surface area contributed by atoms with Crippen LogP contribution >= 0.6 is 0 Å². The summed E-state index contributed by atoms with van der Waals surface area (Å²) in [7, 11) is 1.54. The molecule has 0 bridgehead atoms. The van der Waals surface area contributed by atoms with E-state index in [1.54, 1.807) is 0 Å². The minimum absolute atomic E-state index is 0.430. The van der Waals surface area contributed by atoms with Gasteiger partial charge >= 0.3 is 5.90 Å². The first-order valence-corrected chi connectivity index (χ1v) is 5.31. The number of hydrogen-bond acceptors (Lipinski definition) is 3. The fourth-order valence-corrected chi connectivity index (χ4v) is 1.34. The molecule has 1 aliphatic rings. The van der Waals surface area contributed by atoms with Crippen LogP contribution in [-0.4, -0.2) is 30.7 Å². The van der Waals surface area contributed by atoms with Crippen LogP contribution in [0.25, 0.3) is 0 Å². The monoisotopic (exact) mass is 232 g/mol. The zero-order chi connectivity index (χ0) is 11.9. The van der Waals surface area contributed by atoms with E-state index in [0.29, 0.717) is 12.4 Å². The Kier molecular flexibility index (Phi) is 3.80. The van der Waals surface area contributed by atoms with Crippen LogP contribution in [0.5, 0.6) is 0 Å². The van der Waals surface area contributed by atoms with Gasteiger partial charge in [0, 0.05) is 0 Å². The van der Waals surface area contributed by atoms with Crippen molar-refractivity contribution in [2.24, 2.45) is 15.3 Å². The highest BCUT2D eigenvalue weighted by Gasteiger charge is 2.11. The van der Waals surface area contributed by atoms with Crippen LogP contribution in [0, 0.1) is 0 Å². The Balaban J connectivity index is 1.83. The van der Waals surface area contributed by atoms with E-state index in [4.69, 9.17) is 4.74 Å². The summed E-state index contributed by atoms with van der Waals surface area (Å²) in [5.41, 5.74) is 3.89. The largest absolute Gasteiger partial charge is 0.460 e. The summed E-state index contributed by atoms with van der Waals surface area (Å²) in [6.07, 6.45) is 2.37. The van der Waals surface area contributed by atoms with E-state index in [1.165, 1.54) is 23.8 Å². The molecule has 88 valence electrons. The highest BCUT2D eigenvalue weighted by Crippen LogP contribution is 1.99. The topological polar surface area (TPSA) is 61.3 Å². The van der Waals surface area contributed by atoms with Crippen LogP contribution in [0.4, 0.5) is 0 Å². The molecule has 0 saturated heterocycles. The first-order chi connectivity index (χ1) is 8.38. The highest BCUT2D eigenvalue weighted by atomic mass is 16.5. The molecular weight excluding hydrogens is 218 g/mol. The van der Waals surface area contributed by atoms with Gasteiger partial charge in [0.25, 0.3) is 0 Å². The van der Waals surface area contributed by atoms with Crippen molar-refractivity contribution in [3.8, 4) is 0 Å². The third kappa shape index (κ3) is 3.37. The molecule has 0 saturated carbocycles. The minimum atomic E-state index is 0.430. The Hall–Kier alpha value is -2.24. The predicted molar refractivity (Wildman–Crippen MR) is 63.8 cm³/mol. The summed E-state index contributed by atoms with van der Waals surface area (Å²) in [6.45, 7) is 0.645. The number of nitrogens with one attached hydrogen (secondary N) is 1. The molecule has 0 aliphatic carbocycles. The van der Waals surface area contributed by atoms with Gasteiger partial charge in [0.15, 0.2) is 6.21 Å². The zero-order valence-corrected chi connectivity index (χ0v) is 9.58. The number of ether oxygens (including phenoxy) is 1. The van der Waals surface area contributed by atoms with Crippen LogP contribution in [-0.2, 0) is 11.2 Å². The molecule has 0 amide bonds. The molecule has 0 unspecified atom stereocenters. The van der Waals surface area contributed by atoms with Crippen molar-refractivity contribution in [1.82, 2.24) is 5.53 Å². The molecule has 0 aromatic heterocycles. The van der Waals surface area contributed by atoms with Crippen molar-refractivity contribution in [1.29, 1.82) is 0 Å². The number of rotatable bonds is 3. The highest BCUT2D eigenvalue weighted by molar-refractivity contribution is 6.26. The Morgan fingerprint density at radius 2 is 2.18 bits per heavy atom. The molecule has 1 aromatic carbocycles. The molecular formula is C11H14N5O+. The number of hydrazone groups is 2. The lowest BCUT2D eigenvalue weighted by atomic mass is 10.2. The van der Waals surface area contributed by atoms with Crippen LogP contribution in [0.1, 0.15) is 5.56 Å². The SMILES string of the molecule is COC1=NN[N+](=NCCc2ccccc2)N=C1. The molecule has 0 spiro atoms. The van der Waals surface area contributed by atoms with Gasteiger partial charge in [0.1, 0.15) is 0 Å². The number of methoxy groups -OCH3 is 1. The summed E-state index contributed by atoms with van der Waals surface area (Å²) in [4.78, 5) is 1.32. The molecule has 0 fully saturated rings. The Labute approximate surface area is 99.3 Å². The maximum Gasteiger partial charge on any atom is 0.375 e. The maximum absolute atomic E-state index is 4.88. The van der Waals surface area contributed by atoms with E-state index in [0.717, 1.165) is 6.42 Å². The number of hydrogen-bond donors (Lipinski definition) is 1. The Morgan fingerprint density at radius 3 is 2.82 bits per heavy atom. The standard InChI is InChI=1S/C11H14N5O/c1-17-11-9-13-16(15-14-11)12-8-7-10-5-3-2-4-6-10/h2-6,9H,7-8H2,1H3,(H,12,13,15)/q+1. The molecule has 6 nitrogen and oxygen atoms in total. The van der Waals surface area contributed by atoms with Crippen molar-refractivity contribution in [2.45, 2.75) is 6.42 Å². The van der Waals surface area contributed by atoms with E-state index in [-0.39, 0.29) is 0 Å². The number of hydrazine groups is 1. The molecule has 0 atom stereocenters. The molecule has 0 radical (unpaired) electrons. The van der Waals surface area contributed by atoms with Gasteiger partial charge in [0.2, 0.25) is 0 Å². The first-order valence-electron chi connectivity index (χ1n) is 5.31. The summed E-state index contributed by atoms with van der Waals surface area (Å²) in [5.74, 6) is 0.430. The lowest BCUT2D eigenvalue weighted by Gasteiger charge is -1.99. The lowest BCUT2D eigenvalue weighted by molar-refractivity contribution is -0.657. The van der Waals surface area contributed by atoms with E-state index >= 15 is 0 Å². The Bertz CT molecular complexity index is 452. The molecule has 2 rings (SSSR count). The van der Waals surface area contributed by atoms with Gasteiger partial charge in [-0.1, -0.05) is 35.4 Å². The molecule has 1 aliphatic heterocycles. The molecule has 17 heavy (non-hydrogen) atoms. The number of nitrogens with zero attached hydrogens (tertiary/aromatic N) is 4. The van der Waals surface area contributed by atoms with Crippen LogP contribution in [0.3, 0.4) is 0 Å². The second-order valence-electron chi connectivity index (χ2n) is 3.39. The zero-order valence-electron chi connectivity index (χ0n) is 9.58. The van der Waals surface area contributed by atoms with E-state index in [9.17, 15) is 0 Å². The second kappa shape index (κ2) is 5.74. The van der Waals surface area contributed by atoms with Crippen LogP contribution < -0.4 is 5.53 Å². The lowest BCUT2D eigenvalue weighted by Crippen LogP contribution is -2.26. The quantitative estimate of drug-likeness (QED) is 0.795. The van der Waals surface area contributed by atoms with Crippen molar-refractivity contribution in [3.05, 3.63) is 35.9 Å². The third-order valence-electron chi connectivity index (χ3n) is 2.21. The molecule has 6 heteroatoms. The average molecular weight is 232 g/mol. The fraction of sp³-hybridized carbons (Fsp3) is 0.273. The van der Waals surface area contributed by atoms with Gasteiger partial charge in [0.05, 0.1) is 23.7 Å². The van der Waals surface area contributed by atoms with Gasteiger partial charge in [-0.05, 0) is 22.6 Å². The van der Waals surface area contributed by atoms with Crippen molar-refractivity contribution >= 4 is 12.1 Å². The smallest absolute Gasteiger partial charge is 0.375 e. The van der Waals surface area contributed by atoms with E-state index in [1.807, 2.05) is 18.2 Å². The van der Waals surface area contributed by atoms with Gasteiger partial charge in [-0.3, -0.25) is 0 Å². The van der Waals surface area contributed by atoms with Crippen molar-refractivity contribution in [3.63, 3.8) is 0 Å². The van der Waals surface area contributed by atoms with Crippen LogP contribution in [0.2, 0.25) is 0 Å². The predicted octanol–water partition coefficient (Wildman–Crippen LogP) is 1.16. The van der Waals surface area contributed by atoms with Crippen molar-refractivity contribution in [2.75, 3.05) is 13.7 Å². The van der Waals surface area contributed by atoms with E-state index in [2.05, 4.69) is 33.0 Å². The second-order valence-corrected chi connectivity index (χ2v) is 3.39. The van der Waals surface area contributed by atoms with Gasteiger partial charge in [-0.25, -0.2) is 0 Å². The summed E-state index contributed by atoms with van der Waals surface area (Å²) >= 11 is 0. The van der Waals surface area contributed by atoms with Gasteiger partial charge < -0.3 is 4.74 Å². The summed E-state index contributed by atoms with van der Waals surface area (Å²) in [5, 5.41) is 12.1. The summed E-state index contributed by atoms with van der Waals surface area (Å²) in [6, 6.07) is 10.2. The van der Waals surface area contributed by atoms with E-state index < -0.39 is 0 Å². The van der Waals surface area contributed by atoms with Gasteiger partial charge in [-0.15, -0.1) is 0 Å².